The SMILES string of the molecule is Cc1nc2ncccc2cc1C(=O)NCCc1cscn1. The van der Waals surface area contributed by atoms with Gasteiger partial charge in [0.15, 0.2) is 5.65 Å². The molecular weight excluding hydrogens is 284 g/mol. The molecule has 0 atom stereocenters. The lowest BCUT2D eigenvalue weighted by atomic mass is 10.1. The van der Waals surface area contributed by atoms with Gasteiger partial charge in [-0.1, -0.05) is 0 Å². The summed E-state index contributed by atoms with van der Waals surface area (Å²) in [5, 5.41) is 5.76. The van der Waals surface area contributed by atoms with Gasteiger partial charge in [-0.05, 0) is 25.1 Å². The van der Waals surface area contributed by atoms with Crippen LogP contribution in [0.15, 0.2) is 35.3 Å². The molecule has 0 spiro atoms. The van der Waals surface area contributed by atoms with Crippen molar-refractivity contribution in [2.45, 2.75) is 13.3 Å². The predicted octanol–water partition coefficient (Wildman–Crippen LogP) is 2.37. The Morgan fingerprint density at radius 3 is 3.10 bits per heavy atom. The van der Waals surface area contributed by atoms with Crippen LogP contribution in [-0.4, -0.2) is 27.4 Å². The maximum absolute atomic E-state index is 12.2. The summed E-state index contributed by atoms with van der Waals surface area (Å²) in [4.78, 5) is 25.0. The Morgan fingerprint density at radius 1 is 1.38 bits per heavy atom. The summed E-state index contributed by atoms with van der Waals surface area (Å²) in [5.74, 6) is -0.110. The molecule has 1 N–H and O–H groups in total. The standard InChI is InChI=1S/C15H14N4OS/c1-10-13(7-11-3-2-5-16-14(11)19-10)15(20)17-6-4-12-8-21-9-18-12/h2-3,5,7-9H,4,6H2,1H3,(H,17,20). The molecule has 106 valence electrons. The Bertz CT molecular complexity index is 770. The van der Waals surface area contributed by atoms with Crippen molar-refractivity contribution in [3.63, 3.8) is 0 Å². The summed E-state index contributed by atoms with van der Waals surface area (Å²) in [5.41, 5.74) is 4.73. The molecule has 3 aromatic heterocycles. The fourth-order valence-corrected chi connectivity index (χ4v) is 2.68. The number of nitrogens with one attached hydrogen (secondary N) is 1. The largest absolute Gasteiger partial charge is 0.352 e. The fraction of sp³-hybridized carbons (Fsp3) is 0.200. The molecule has 3 heterocycles. The minimum Gasteiger partial charge on any atom is -0.352 e. The highest BCUT2D eigenvalue weighted by Crippen LogP contribution is 2.14. The third kappa shape index (κ3) is 3.05. The van der Waals surface area contributed by atoms with Crippen molar-refractivity contribution < 1.29 is 4.79 Å². The van der Waals surface area contributed by atoms with Crippen LogP contribution in [-0.2, 0) is 6.42 Å². The number of hydrogen-bond donors (Lipinski definition) is 1. The van der Waals surface area contributed by atoms with Crippen molar-refractivity contribution in [1.29, 1.82) is 0 Å². The first-order chi connectivity index (χ1) is 10.2. The molecule has 0 radical (unpaired) electrons. The van der Waals surface area contributed by atoms with E-state index in [-0.39, 0.29) is 5.91 Å². The molecule has 3 aromatic rings. The van der Waals surface area contributed by atoms with Gasteiger partial charge in [-0.25, -0.2) is 15.0 Å². The van der Waals surface area contributed by atoms with Crippen molar-refractivity contribution in [3.8, 4) is 0 Å². The van der Waals surface area contributed by atoms with Crippen LogP contribution in [0.25, 0.3) is 11.0 Å². The van der Waals surface area contributed by atoms with E-state index < -0.39 is 0 Å². The van der Waals surface area contributed by atoms with E-state index in [0.717, 1.165) is 17.5 Å². The summed E-state index contributed by atoms with van der Waals surface area (Å²) in [6.07, 6.45) is 2.43. The Kier molecular flexibility index (Phi) is 3.87. The summed E-state index contributed by atoms with van der Waals surface area (Å²) in [6.45, 7) is 2.39. The van der Waals surface area contributed by atoms with Crippen molar-refractivity contribution in [2.75, 3.05) is 6.54 Å². The average molecular weight is 298 g/mol. The zero-order valence-electron chi connectivity index (χ0n) is 11.5. The van der Waals surface area contributed by atoms with Gasteiger partial charge in [-0.3, -0.25) is 4.79 Å². The summed E-state index contributed by atoms with van der Waals surface area (Å²) >= 11 is 1.56. The molecule has 0 aromatic carbocycles. The first-order valence-corrected chi connectivity index (χ1v) is 7.56. The molecule has 0 fully saturated rings. The first-order valence-electron chi connectivity index (χ1n) is 6.61. The monoisotopic (exact) mass is 298 g/mol. The molecule has 6 heteroatoms. The number of aromatic nitrogens is 3. The molecule has 5 nitrogen and oxygen atoms in total. The first kappa shape index (κ1) is 13.6. The van der Waals surface area contributed by atoms with E-state index in [9.17, 15) is 4.79 Å². The molecule has 0 saturated heterocycles. The highest BCUT2D eigenvalue weighted by atomic mass is 32.1. The molecule has 0 bridgehead atoms. The Balaban J connectivity index is 1.73. The second-order valence-corrected chi connectivity index (χ2v) is 5.38. The maximum atomic E-state index is 12.2. The van der Waals surface area contributed by atoms with Crippen molar-refractivity contribution in [1.82, 2.24) is 20.3 Å². The number of hydrogen-bond acceptors (Lipinski definition) is 5. The third-order valence-corrected chi connectivity index (χ3v) is 3.81. The lowest BCUT2D eigenvalue weighted by molar-refractivity contribution is 0.0953. The van der Waals surface area contributed by atoms with Crippen molar-refractivity contribution in [2.24, 2.45) is 0 Å². The van der Waals surface area contributed by atoms with E-state index in [1.54, 1.807) is 23.0 Å². The molecule has 0 aliphatic carbocycles. The smallest absolute Gasteiger partial charge is 0.253 e. The molecule has 3 rings (SSSR count). The zero-order valence-corrected chi connectivity index (χ0v) is 12.4. The number of carbonyl (C=O) groups excluding carboxylic acids is 1. The van der Waals surface area contributed by atoms with Gasteiger partial charge in [-0.2, -0.15) is 0 Å². The van der Waals surface area contributed by atoms with Crippen LogP contribution in [0.1, 0.15) is 21.7 Å². The van der Waals surface area contributed by atoms with Gasteiger partial charge in [0.2, 0.25) is 0 Å². The van der Waals surface area contributed by atoms with Crippen LogP contribution in [0.3, 0.4) is 0 Å². The van der Waals surface area contributed by atoms with Crippen LogP contribution in [0.2, 0.25) is 0 Å². The Hall–Kier alpha value is -2.34. The minimum atomic E-state index is -0.110. The summed E-state index contributed by atoms with van der Waals surface area (Å²) in [7, 11) is 0. The normalized spacial score (nSPS) is 10.7. The Labute approximate surface area is 126 Å². The molecular formula is C15H14N4OS. The van der Waals surface area contributed by atoms with E-state index in [0.29, 0.717) is 23.4 Å². The van der Waals surface area contributed by atoms with E-state index in [1.807, 2.05) is 30.5 Å². The molecule has 0 aliphatic heterocycles. The van der Waals surface area contributed by atoms with Crippen LogP contribution in [0.5, 0.6) is 0 Å². The fourth-order valence-electron chi connectivity index (χ4n) is 2.08. The van der Waals surface area contributed by atoms with Gasteiger partial charge in [0.1, 0.15) is 0 Å². The van der Waals surface area contributed by atoms with Gasteiger partial charge < -0.3 is 5.32 Å². The third-order valence-electron chi connectivity index (χ3n) is 3.17. The zero-order chi connectivity index (χ0) is 14.7. The highest BCUT2D eigenvalue weighted by molar-refractivity contribution is 7.07. The van der Waals surface area contributed by atoms with Crippen molar-refractivity contribution >= 4 is 28.3 Å². The number of carbonyl (C=O) groups is 1. The second kappa shape index (κ2) is 5.97. The number of amides is 1. The minimum absolute atomic E-state index is 0.110. The van der Waals surface area contributed by atoms with Crippen LogP contribution in [0.4, 0.5) is 0 Å². The topological polar surface area (TPSA) is 67.8 Å². The van der Waals surface area contributed by atoms with Gasteiger partial charge in [-0.15, -0.1) is 11.3 Å². The number of thiazole rings is 1. The van der Waals surface area contributed by atoms with Crippen LogP contribution >= 0.6 is 11.3 Å². The molecule has 0 aliphatic rings. The number of pyridine rings is 2. The van der Waals surface area contributed by atoms with Crippen LogP contribution in [0, 0.1) is 6.92 Å². The second-order valence-electron chi connectivity index (χ2n) is 4.66. The number of rotatable bonds is 4. The Morgan fingerprint density at radius 2 is 2.29 bits per heavy atom. The predicted molar refractivity (Wildman–Crippen MR) is 82.4 cm³/mol. The maximum Gasteiger partial charge on any atom is 0.253 e. The summed E-state index contributed by atoms with van der Waals surface area (Å²) in [6, 6.07) is 5.58. The van der Waals surface area contributed by atoms with Gasteiger partial charge in [0.25, 0.3) is 5.91 Å². The lowest BCUT2D eigenvalue weighted by Crippen LogP contribution is -2.26. The molecule has 1 amide bonds. The summed E-state index contributed by atoms with van der Waals surface area (Å²) < 4.78 is 0. The molecule has 0 saturated carbocycles. The van der Waals surface area contributed by atoms with E-state index in [1.165, 1.54) is 0 Å². The quantitative estimate of drug-likeness (QED) is 0.803. The van der Waals surface area contributed by atoms with Gasteiger partial charge >= 0.3 is 0 Å². The van der Waals surface area contributed by atoms with E-state index in [2.05, 4.69) is 20.3 Å². The van der Waals surface area contributed by atoms with E-state index >= 15 is 0 Å². The number of nitrogens with zero attached hydrogens (tertiary/aromatic N) is 3. The average Bonchev–Trinajstić information content (AvgIpc) is 2.99. The van der Waals surface area contributed by atoms with E-state index in [4.69, 9.17) is 0 Å². The van der Waals surface area contributed by atoms with Crippen molar-refractivity contribution in [3.05, 3.63) is 52.2 Å². The number of fused-ring (bicyclic) bond motifs is 1. The number of aryl methyl sites for hydroxylation is 1. The van der Waals surface area contributed by atoms with Crippen LogP contribution < -0.4 is 5.32 Å². The highest BCUT2D eigenvalue weighted by Gasteiger charge is 2.11. The lowest BCUT2D eigenvalue weighted by Gasteiger charge is -2.07. The molecule has 21 heavy (non-hydrogen) atoms. The van der Waals surface area contributed by atoms with Gasteiger partial charge in [0.05, 0.1) is 22.5 Å². The molecule has 0 unspecified atom stereocenters. The van der Waals surface area contributed by atoms with Gasteiger partial charge in [0, 0.05) is 29.9 Å².